The van der Waals surface area contributed by atoms with E-state index in [9.17, 15) is 0 Å². The Morgan fingerprint density at radius 1 is 0.443 bits per heavy atom. The first-order valence-electron chi connectivity index (χ1n) is 21.0. The molecule has 0 amide bonds. The third-order valence-electron chi connectivity index (χ3n) is 12.7. The van der Waals surface area contributed by atoms with Gasteiger partial charge in [0.15, 0.2) is 5.58 Å². The van der Waals surface area contributed by atoms with E-state index >= 15 is 0 Å². The monoisotopic (exact) mass is 779 g/mol. The number of benzene rings is 9. The predicted octanol–water partition coefficient (Wildman–Crippen LogP) is 15.0. The molecule has 0 fully saturated rings. The molecule has 61 heavy (non-hydrogen) atoms. The second-order valence-electron chi connectivity index (χ2n) is 16.1. The highest BCUT2D eigenvalue weighted by atomic mass is 16.3. The molecule has 1 aliphatic heterocycles. The molecule has 0 radical (unpaired) electrons. The maximum absolute atomic E-state index is 7.26. The molecule has 1 N–H and O–H groups in total. The van der Waals surface area contributed by atoms with Gasteiger partial charge in [0.25, 0.3) is 0 Å². The first-order valence-corrected chi connectivity index (χ1v) is 21.0. The van der Waals surface area contributed by atoms with Gasteiger partial charge in [-0.15, -0.1) is 0 Å². The predicted molar refractivity (Wildman–Crippen MR) is 254 cm³/mol. The van der Waals surface area contributed by atoms with Crippen LogP contribution in [0.15, 0.2) is 217 Å². The Labute approximate surface area is 351 Å². The maximum atomic E-state index is 7.26. The molecule has 0 spiro atoms. The van der Waals surface area contributed by atoms with Gasteiger partial charge in [-0.25, -0.2) is 0 Å². The molecule has 0 aliphatic carbocycles. The fourth-order valence-corrected chi connectivity index (χ4v) is 10.1. The van der Waals surface area contributed by atoms with Crippen LogP contribution in [-0.2, 0) is 0 Å². The number of nitrogens with one attached hydrogen (secondary N) is 1. The van der Waals surface area contributed by atoms with Gasteiger partial charge in [0, 0.05) is 49.3 Å². The third kappa shape index (κ3) is 5.06. The Morgan fingerprint density at radius 2 is 1.11 bits per heavy atom. The molecular formula is C57H37N3O. The lowest BCUT2D eigenvalue weighted by molar-refractivity contribution is 0.666. The van der Waals surface area contributed by atoms with Gasteiger partial charge in [0.05, 0.1) is 33.8 Å². The average molecular weight is 780 g/mol. The van der Waals surface area contributed by atoms with Crippen LogP contribution in [0.4, 0.5) is 5.69 Å². The van der Waals surface area contributed by atoms with Crippen molar-refractivity contribution in [3.05, 3.63) is 229 Å². The maximum Gasteiger partial charge on any atom is 0.159 e. The molecule has 13 rings (SSSR count). The zero-order chi connectivity index (χ0) is 40.0. The van der Waals surface area contributed by atoms with Crippen molar-refractivity contribution in [1.29, 1.82) is 0 Å². The Kier molecular flexibility index (Phi) is 7.33. The number of furan rings is 1. The van der Waals surface area contributed by atoms with Gasteiger partial charge in [-0.2, -0.15) is 0 Å². The Morgan fingerprint density at radius 3 is 1.93 bits per heavy atom. The normalized spacial score (nSPS) is 14.0. The molecule has 12 aromatic rings. The summed E-state index contributed by atoms with van der Waals surface area (Å²) in [6, 6.07) is 74.3. The molecule has 4 nitrogen and oxygen atoms in total. The van der Waals surface area contributed by atoms with Crippen molar-refractivity contribution in [2.45, 2.75) is 6.04 Å². The Bertz CT molecular complexity index is 3720. The van der Waals surface area contributed by atoms with Crippen LogP contribution in [0.1, 0.15) is 22.7 Å². The summed E-state index contributed by atoms with van der Waals surface area (Å²) >= 11 is 0. The number of nitrogens with zero attached hydrogens (tertiary/aromatic N) is 2. The summed E-state index contributed by atoms with van der Waals surface area (Å²) in [5, 5.41) is 10.9. The summed E-state index contributed by atoms with van der Waals surface area (Å²) in [6.07, 6.45) is 2.40. The van der Waals surface area contributed by atoms with Crippen molar-refractivity contribution < 1.29 is 4.42 Å². The minimum Gasteiger partial charge on any atom is -0.454 e. The topological polar surface area (TPSA) is 35.0 Å². The molecule has 0 bridgehead atoms. The van der Waals surface area contributed by atoms with Gasteiger partial charge in [0.2, 0.25) is 0 Å². The summed E-state index contributed by atoms with van der Waals surface area (Å²) in [5.74, 6) is 0. The molecule has 3 aromatic heterocycles. The molecule has 1 atom stereocenters. The van der Waals surface area contributed by atoms with E-state index in [1.807, 2.05) is 0 Å². The standard InChI is InChI=1S/C57H37N3O/c1-4-17-36(18-5-1)38-33-46(45-35-48(37-19-6-2-7-20-37)58-47-27-13-10-23-40(45)47)54-44-26-16-30-52(57(44)61-53(54)34-38)60-50-29-15-12-25-43(50)55-51(60)32-31-42-41-24-11-14-28-49(41)59(56(42)55)39-21-8-3-9-22-39/h1-35,48,58H. The second kappa shape index (κ2) is 13.2. The number of rotatable bonds is 5. The number of para-hydroxylation sites is 5. The van der Waals surface area contributed by atoms with Crippen LogP contribution in [0.3, 0.4) is 0 Å². The average Bonchev–Trinajstić information content (AvgIpc) is 4.00. The lowest BCUT2D eigenvalue weighted by Crippen LogP contribution is -2.15. The fourth-order valence-electron chi connectivity index (χ4n) is 10.1. The fraction of sp³-hybridized carbons (Fsp3) is 0.0175. The first kappa shape index (κ1) is 33.8. The van der Waals surface area contributed by atoms with Crippen LogP contribution >= 0.6 is 0 Å². The van der Waals surface area contributed by atoms with Gasteiger partial charge in [0.1, 0.15) is 5.58 Å². The molecule has 286 valence electrons. The van der Waals surface area contributed by atoms with E-state index in [1.165, 1.54) is 49.3 Å². The molecule has 0 saturated heterocycles. The highest BCUT2D eigenvalue weighted by Crippen LogP contribution is 2.47. The number of anilines is 1. The van der Waals surface area contributed by atoms with E-state index in [2.05, 4.69) is 227 Å². The van der Waals surface area contributed by atoms with Crippen molar-refractivity contribution in [2.24, 2.45) is 0 Å². The van der Waals surface area contributed by atoms with E-state index < -0.39 is 0 Å². The van der Waals surface area contributed by atoms with Crippen LogP contribution in [-0.4, -0.2) is 9.13 Å². The lowest BCUT2D eigenvalue weighted by atomic mass is 9.86. The summed E-state index contributed by atoms with van der Waals surface area (Å²) < 4.78 is 12.1. The minimum atomic E-state index is -0.00354. The van der Waals surface area contributed by atoms with Gasteiger partial charge < -0.3 is 18.9 Å². The SMILES string of the molecule is C1=C(c2cc(-c3ccccc3)cc3oc4c(-n5c6ccccc6c6c5ccc5c7ccccc7n(-c7ccccc7)c56)cccc4c23)c2ccccc2NC1c1ccccc1. The second-order valence-corrected chi connectivity index (χ2v) is 16.1. The van der Waals surface area contributed by atoms with Crippen molar-refractivity contribution in [2.75, 3.05) is 5.32 Å². The van der Waals surface area contributed by atoms with E-state index in [-0.39, 0.29) is 6.04 Å². The Hall–Kier alpha value is -8.08. The molecule has 1 aliphatic rings. The van der Waals surface area contributed by atoms with E-state index in [0.717, 1.165) is 66.7 Å². The minimum absolute atomic E-state index is 0.00354. The van der Waals surface area contributed by atoms with Crippen LogP contribution < -0.4 is 5.32 Å². The third-order valence-corrected chi connectivity index (χ3v) is 12.7. The van der Waals surface area contributed by atoms with Crippen LogP contribution in [0.5, 0.6) is 0 Å². The van der Waals surface area contributed by atoms with Crippen LogP contribution in [0.25, 0.3) is 93.6 Å². The molecule has 4 heterocycles. The van der Waals surface area contributed by atoms with Crippen molar-refractivity contribution in [1.82, 2.24) is 9.13 Å². The van der Waals surface area contributed by atoms with Crippen molar-refractivity contribution in [3.63, 3.8) is 0 Å². The van der Waals surface area contributed by atoms with Gasteiger partial charge >= 0.3 is 0 Å². The molecule has 0 saturated carbocycles. The highest BCUT2D eigenvalue weighted by Gasteiger charge is 2.27. The largest absolute Gasteiger partial charge is 0.454 e. The van der Waals surface area contributed by atoms with Crippen LogP contribution in [0, 0.1) is 0 Å². The highest BCUT2D eigenvalue weighted by molar-refractivity contribution is 6.26. The zero-order valence-electron chi connectivity index (χ0n) is 33.1. The van der Waals surface area contributed by atoms with Crippen LogP contribution in [0.2, 0.25) is 0 Å². The number of hydrogen-bond acceptors (Lipinski definition) is 2. The quantitative estimate of drug-likeness (QED) is 0.189. The van der Waals surface area contributed by atoms with Gasteiger partial charge in [-0.1, -0.05) is 152 Å². The van der Waals surface area contributed by atoms with E-state index in [0.29, 0.717) is 0 Å². The molecule has 1 unspecified atom stereocenters. The summed E-state index contributed by atoms with van der Waals surface area (Å²) in [7, 11) is 0. The van der Waals surface area contributed by atoms with E-state index in [4.69, 9.17) is 4.42 Å². The summed E-state index contributed by atoms with van der Waals surface area (Å²) in [5.41, 5.74) is 16.6. The zero-order valence-corrected chi connectivity index (χ0v) is 33.1. The number of aromatic nitrogens is 2. The summed E-state index contributed by atoms with van der Waals surface area (Å²) in [6.45, 7) is 0. The summed E-state index contributed by atoms with van der Waals surface area (Å²) in [4.78, 5) is 0. The first-order chi connectivity index (χ1) is 30.3. The van der Waals surface area contributed by atoms with Crippen molar-refractivity contribution >= 4 is 76.8 Å². The number of fused-ring (bicyclic) bond motifs is 11. The number of hydrogen-bond donors (Lipinski definition) is 1. The van der Waals surface area contributed by atoms with Gasteiger partial charge in [-0.3, -0.25) is 0 Å². The lowest BCUT2D eigenvalue weighted by Gasteiger charge is -2.27. The molecular weight excluding hydrogens is 743 g/mol. The van der Waals surface area contributed by atoms with Gasteiger partial charge in [-0.05, 0) is 88.5 Å². The molecule has 4 heteroatoms. The smallest absolute Gasteiger partial charge is 0.159 e. The van der Waals surface area contributed by atoms with Crippen molar-refractivity contribution in [3.8, 4) is 22.5 Å². The molecule has 9 aromatic carbocycles. The van der Waals surface area contributed by atoms with E-state index in [1.54, 1.807) is 0 Å². The Balaban J connectivity index is 1.13.